The third kappa shape index (κ3) is 6.25. The van der Waals surface area contributed by atoms with Gasteiger partial charge >= 0.3 is 0 Å². The van der Waals surface area contributed by atoms with Crippen molar-refractivity contribution in [2.45, 2.75) is 46.1 Å². The lowest BCUT2D eigenvalue weighted by atomic mass is 9.97. The van der Waals surface area contributed by atoms with Crippen LogP contribution in [0, 0.1) is 6.92 Å². The van der Waals surface area contributed by atoms with Crippen LogP contribution in [0.25, 0.3) is 33.5 Å². The molecule has 2 aromatic carbocycles. The van der Waals surface area contributed by atoms with Crippen LogP contribution in [0.4, 0.5) is 5.69 Å². The number of hydrogen-bond acceptors (Lipinski definition) is 8. The fourth-order valence-corrected chi connectivity index (χ4v) is 5.37. The van der Waals surface area contributed by atoms with Gasteiger partial charge in [-0.05, 0) is 54.8 Å². The maximum atomic E-state index is 12.8. The quantitative estimate of drug-likeness (QED) is 0.230. The molecular weight excluding hydrogens is 564 g/mol. The second kappa shape index (κ2) is 12.1. The number of aromatic nitrogens is 5. The highest BCUT2D eigenvalue weighted by atomic mass is 35.5. The Balaban J connectivity index is 0.00000368. The number of nitrogens with zero attached hydrogens (tertiary/aromatic N) is 5. The summed E-state index contributed by atoms with van der Waals surface area (Å²) >= 11 is 0. The van der Waals surface area contributed by atoms with Crippen LogP contribution in [0.2, 0.25) is 0 Å². The molecule has 4 heterocycles. The van der Waals surface area contributed by atoms with Crippen molar-refractivity contribution >= 4 is 35.0 Å². The maximum Gasteiger partial charge on any atom is 0.293 e. The topological polar surface area (TPSA) is 125 Å². The molecule has 0 saturated carbocycles. The van der Waals surface area contributed by atoms with Crippen molar-refractivity contribution < 1.29 is 9.32 Å². The first-order valence-corrected chi connectivity index (χ1v) is 14.3. The van der Waals surface area contributed by atoms with Gasteiger partial charge in [0, 0.05) is 53.9 Å². The number of benzene rings is 2. The molecule has 1 aliphatic heterocycles. The van der Waals surface area contributed by atoms with Crippen LogP contribution in [0.3, 0.4) is 0 Å². The molecule has 5 aromatic rings. The Morgan fingerprint density at radius 2 is 1.74 bits per heavy atom. The summed E-state index contributed by atoms with van der Waals surface area (Å²) in [5.41, 5.74) is 7.67. The van der Waals surface area contributed by atoms with E-state index in [0.29, 0.717) is 5.89 Å². The summed E-state index contributed by atoms with van der Waals surface area (Å²) in [6.07, 6.45) is 1.59. The molecule has 10 nitrogen and oxygen atoms in total. The normalized spacial score (nSPS) is 14.4. The van der Waals surface area contributed by atoms with Crippen LogP contribution in [-0.2, 0) is 5.41 Å². The molecule has 224 valence electrons. The minimum absolute atomic E-state index is 0. The zero-order chi connectivity index (χ0) is 29.4. The van der Waals surface area contributed by atoms with Gasteiger partial charge in [-0.25, -0.2) is 9.97 Å². The lowest BCUT2D eigenvalue weighted by Crippen LogP contribution is -2.43. The molecule has 1 saturated heterocycles. The van der Waals surface area contributed by atoms with Gasteiger partial charge in [0.05, 0.1) is 11.7 Å². The number of carbonyl (C=O) groups is 1. The standard InChI is InChI=1S/C32H36N8O2.ClH/c1-19-16-22(8-11-24(19)20(2)36-30(41)29-38-31(42-39-29)32(3,4)5)27-25-17-26(37-28(25)35-18-34-27)21-6-9-23(10-7-21)40-14-12-33-13-15-40;/h6-11,16-18,20,33H,12-15H2,1-5H3,(H,36,41)(H,34,35,37);1H. The molecule has 11 heteroatoms. The average Bonchev–Trinajstić information content (AvgIpc) is 3.66. The second-order valence-corrected chi connectivity index (χ2v) is 11.9. The van der Waals surface area contributed by atoms with Gasteiger partial charge in [0.1, 0.15) is 12.0 Å². The van der Waals surface area contributed by atoms with Gasteiger partial charge in [0.25, 0.3) is 11.7 Å². The molecule has 6 rings (SSSR count). The number of rotatable bonds is 6. The molecule has 0 radical (unpaired) electrons. The lowest BCUT2D eigenvalue weighted by molar-refractivity contribution is 0.0926. The van der Waals surface area contributed by atoms with E-state index in [1.54, 1.807) is 6.33 Å². The van der Waals surface area contributed by atoms with E-state index in [4.69, 9.17) is 4.52 Å². The summed E-state index contributed by atoms with van der Waals surface area (Å²) in [6, 6.07) is 16.7. The Hall–Kier alpha value is -4.28. The minimum atomic E-state index is -0.372. The number of piperazine rings is 1. The van der Waals surface area contributed by atoms with E-state index in [-0.39, 0.29) is 35.6 Å². The molecule has 43 heavy (non-hydrogen) atoms. The highest BCUT2D eigenvalue weighted by Gasteiger charge is 2.25. The highest BCUT2D eigenvalue weighted by Crippen LogP contribution is 2.32. The van der Waals surface area contributed by atoms with Crippen molar-refractivity contribution in [3.05, 3.63) is 77.7 Å². The first-order valence-electron chi connectivity index (χ1n) is 14.3. The largest absolute Gasteiger partial charge is 0.369 e. The molecule has 1 unspecified atom stereocenters. The van der Waals surface area contributed by atoms with Crippen molar-refractivity contribution in [2.75, 3.05) is 31.1 Å². The van der Waals surface area contributed by atoms with Crippen molar-refractivity contribution in [1.29, 1.82) is 0 Å². The second-order valence-electron chi connectivity index (χ2n) is 11.9. The number of anilines is 1. The van der Waals surface area contributed by atoms with Gasteiger partial charge in [0.2, 0.25) is 5.89 Å². The molecule has 3 N–H and O–H groups in total. The zero-order valence-corrected chi connectivity index (χ0v) is 25.9. The Morgan fingerprint density at radius 1 is 1.02 bits per heavy atom. The van der Waals surface area contributed by atoms with E-state index in [0.717, 1.165) is 70.9 Å². The van der Waals surface area contributed by atoms with Crippen LogP contribution < -0.4 is 15.5 Å². The Bertz CT molecular complexity index is 1730. The molecule has 0 aliphatic carbocycles. The van der Waals surface area contributed by atoms with Crippen LogP contribution in [0.5, 0.6) is 0 Å². The summed E-state index contributed by atoms with van der Waals surface area (Å²) < 4.78 is 5.28. The summed E-state index contributed by atoms with van der Waals surface area (Å²) in [5, 5.41) is 11.2. The number of halogens is 1. The zero-order valence-electron chi connectivity index (χ0n) is 25.1. The molecule has 3 aromatic heterocycles. The number of carbonyl (C=O) groups excluding carboxylic acids is 1. The fourth-order valence-electron chi connectivity index (χ4n) is 5.37. The Kier molecular flexibility index (Phi) is 8.52. The van der Waals surface area contributed by atoms with Gasteiger partial charge in [-0.2, -0.15) is 4.98 Å². The van der Waals surface area contributed by atoms with Gasteiger partial charge in [-0.3, -0.25) is 4.79 Å². The summed E-state index contributed by atoms with van der Waals surface area (Å²) in [4.78, 5) is 32.1. The van der Waals surface area contributed by atoms with E-state index in [1.165, 1.54) is 5.69 Å². The predicted molar refractivity (Wildman–Crippen MR) is 171 cm³/mol. The molecule has 1 fully saturated rings. The third-order valence-corrected chi connectivity index (χ3v) is 7.71. The lowest BCUT2D eigenvalue weighted by Gasteiger charge is -2.29. The number of nitrogens with one attached hydrogen (secondary N) is 3. The van der Waals surface area contributed by atoms with Crippen LogP contribution in [-0.4, -0.2) is 57.2 Å². The van der Waals surface area contributed by atoms with E-state index >= 15 is 0 Å². The van der Waals surface area contributed by atoms with Crippen molar-refractivity contribution in [3.63, 3.8) is 0 Å². The van der Waals surface area contributed by atoms with Gasteiger partial charge in [-0.15, -0.1) is 12.4 Å². The molecule has 1 amide bonds. The van der Waals surface area contributed by atoms with Gasteiger partial charge < -0.3 is 25.0 Å². The number of fused-ring (bicyclic) bond motifs is 1. The van der Waals surface area contributed by atoms with Crippen LogP contribution >= 0.6 is 12.4 Å². The average molecular weight is 601 g/mol. The fraction of sp³-hybridized carbons (Fsp3) is 0.344. The van der Waals surface area contributed by atoms with Crippen LogP contribution in [0.1, 0.15) is 61.4 Å². The molecule has 0 spiro atoms. The smallest absolute Gasteiger partial charge is 0.293 e. The number of aryl methyl sites for hydroxylation is 1. The minimum Gasteiger partial charge on any atom is -0.369 e. The Morgan fingerprint density at radius 3 is 2.42 bits per heavy atom. The summed E-state index contributed by atoms with van der Waals surface area (Å²) in [6.45, 7) is 13.9. The first kappa shape index (κ1) is 30.2. The van der Waals surface area contributed by atoms with Gasteiger partial charge in [-0.1, -0.05) is 50.2 Å². The molecule has 1 atom stereocenters. The summed E-state index contributed by atoms with van der Waals surface area (Å²) in [5.74, 6) is 0.0897. The van der Waals surface area contributed by atoms with Crippen LogP contribution in [0.15, 0.2) is 59.4 Å². The van der Waals surface area contributed by atoms with Crippen molar-refractivity contribution in [1.82, 2.24) is 35.7 Å². The number of aromatic amines is 1. The van der Waals surface area contributed by atoms with E-state index in [9.17, 15) is 4.79 Å². The van der Waals surface area contributed by atoms with Crippen molar-refractivity contribution in [2.24, 2.45) is 0 Å². The number of H-pyrrole nitrogens is 1. The predicted octanol–water partition coefficient (Wildman–Crippen LogP) is 5.60. The van der Waals surface area contributed by atoms with E-state index in [1.807, 2.05) is 46.8 Å². The highest BCUT2D eigenvalue weighted by molar-refractivity contribution is 5.94. The van der Waals surface area contributed by atoms with Crippen molar-refractivity contribution in [3.8, 4) is 22.5 Å². The van der Waals surface area contributed by atoms with Gasteiger partial charge in [0.15, 0.2) is 0 Å². The SMILES string of the molecule is Cc1cc(-c2ncnc3[nH]c(-c4ccc(N5CCNCC5)cc4)cc23)ccc1C(C)NC(=O)c1noc(C(C)(C)C)n1.Cl. The van der Waals surface area contributed by atoms with E-state index < -0.39 is 0 Å². The first-order chi connectivity index (χ1) is 20.2. The molecule has 1 aliphatic rings. The Labute approximate surface area is 257 Å². The monoisotopic (exact) mass is 600 g/mol. The molecular formula is C32H37ClN8O2. The number of hydrogen-bond donors (Lipinski definition) is 3. The summed E-state index contributed by atoms with van der Waals surface area (Å²) in [7, 11) is 0. The maximum absolute atomic E-state index is 12.8. The van der Waals surface area contributed by atoms with E-state index in [2.05, 4.69) is 77.0 Å². The molecule has 0 bridgehead atoms. The third-order valence-electron chi connectivity index (χ3n) is 7.71. The number of amides is 1.